The van der Waals surface area contributed by atoms with Gasteiger partial charge in [-0.3, -0.25) is 0 Å². The number of ether oxygens (including phenoxy) is 1. The third kappa shape index (κ3) is 3.55. The van der Waals surface area contributed by atoms with E-state index in [0.29, 0.717) is 18.2 Å². The molecule has 1 N–H and O–H groups in total. The minimum atomic E-state index is -0.359. The summed E-state index contributed by atoms with van der Waals surface area (Å²) in [6.07, 6.45) is 1.81. The predicted molar refractivity (Wildman–Crippen MR) is 81.8 cm³/mol. The lowest BCUT2D eigenvalue weighted by Gasteiger charge is -2.08. The van der Waals surface area contributed by atoms with E-state index in [4.69, 9.17) is 4.74 Å². The van der Waals surface area contributed by atoms with Crippen LogP contribution in [0.2, 0.25) is 0 Å². The number of carbonyl (C=O) groups is 1. The fourth-order valence-corrected chi connectivity index (χ4v) is 3.17. The van der Waals surface area contributed by atoms with Crippen molar-refractivity contribution in [3.63, 3.8) is 0 Å². The van der Waals surface area contributed by atoms with Crippen LogP contribution in [-0.2, 0) is 4.74 Å². The number of hydrogen-bond donors (Lipinski definition) is 1. The van der Waals surface area contributed by atoms with E-state index in [1.165, 1.54) is 11.3 Å². The van der Waals surface area contributed by atoms with Crippen molar-refractivity contribution in [2.45, 2.75) is 26.7 Å². The molecule has 0 saturated heterocycles. The molecular formula is C13H17N3O2S2. The molecule has 0 aliphatic carbocycles. The Kier molecular flexibility index (Phi) is 5.08. The highest BCUT2D eigenvalue weighted by atomic mass is 32.1. The fourth-order valence-electron chi connectivity index (χ4n) is 1.67. The number of thiazole rings is 2. The van der Waals surface area contributed by atoms with Crippen LogP contribution in [0.4, 0.5) is 5.13 Å². The van der Waals surface area contributed by atoms with Crippen molar-refractivity contribution in [1.82, 2.24) is 9.97 Å². The van der Waals surface area contributed by atoms with Crippen LogP contribution in [0.3, 0.4) is 0 Å². The number of anilines is 1. The maximum Gasteiger partial charge on any atom is 0.358 e. The molecule has 2 aromatic rings. The lowest BCUT2D eigenvalue weighted by molar-refractivity contribution is 0.0519. The number of aryl methyl sites for hydroxylation is 1. The second kappa shape index (κ2) is 6.81. The zero-order chi connectivity index (χ0) is 14.5. The summed E-state index contributed by atoms with van der Waals surface area (Å²) in [7, 11) is 0. The van der Waals surface area contributed by atoms with Crippen molar-refractivity contribution in [3.05, 3.63) is 27.2 Å². The van der Waals surface area contributed by atoms with Crippen LogP contribution in [0, 0.1) is 6.92 Å². The Hall–Kier alpha value is -1.47. The number of nitrogens with one attached hydrogen (secondary N) is 1. The van der Waals surface area contributed by atoms with Crippen LogP contribution in [0.25, 0.3) is 0 Å². The molecule has 0 fully saturated rings. The third-order valence-electron chi connectivity index (χ3n) is 2.70. The molecule has 0 saturated carbocycles. The standard InChI is InChI=1S/C13H17N3O2S2/c1-4-18-12(17)10-9(3)20-13(16-10)15-7-8(2)11-14-5-6-19-11/h5-6,8H,4,7H2,1-3H3,(H,15,16). The zero-order valence-electron chi connectivity index (χ0n) is 11.7. The van der Waals surface area contributed by atoms with Crippen molar-refractivity contribution in [1.29, 1.82) is 0 Å². The fraction of sp³-hybridized carbons (Fsp3) is 0.462. The summed E-state index contributed by atoms with van der Waals surface area (Å²) in [5.74, 6) is -0.0486. The molecule has 0 aliphatic heterocycles. The largest absolute Gasteiger partial charge is 0.461 e. The molecule has 2 aromatic heterocycles. The van der Waals surface area contributed by atoms with E-state index in [-0.39, 0.29) is 5.97 Å². The Morgan fingerprint density at radius 2 is 2.35 bits per heavy atom. The third-order valence-corrected chi connectivity index (χ3v) is 4.63. The average Bonchev–Trinajstić information content (AvgIpc) is 3.05. The van der Waals surface area contributed by atoms with Gasteiger partial charge >= 0.3 is 5.97 Å². The summed E-state index contributed by atoms with van der Waals surface area (Å²) in [4.78, 5) is 21.1. The molecule has 1 atom stereocenters. The number of aromatic nitrogens is 2. The molecule has 20 heavy (non-hydrogen) atoms. The zero-order valence-corrected chi connectivity index (χ0v) is 13.3. The van der Waals surface area contributed by atoms with E-state index < -0.39 is 0 Å². The summed E-state index contributed by atoms with van der Waals surface area (Å²) in [6, 6.07) is 0. The number of hydrogen-bond acceptors (Lipinski definition) is 7. The minimum absolute atomic E-state index is 0.310. The Balaban J connectivity index is 1.97. The summed E-state index contributed by atoms with van der Waals surface area (Å²) in [5.41, 5.74) is 0.404. The molecule has 108 valence electrons. The topological polar surface area (TPSA) is 64.1 Å². The van der Waals surface area contributed by atoms with Crippen molar-refractivity contribution in [2.24, 2.45) is 0 Å². The maximum atomic E-state index is 11.7. The van der Waals surface area contributed by atoms with Gasteiger partial charge in [-0.25, -0.2) is 14.8 Å². The molecule has 2 heterocycles. The van der Waals surface area contributed by atoms with Crippen LogP contribution in [0.5, 0.6) is 0 Å². The lowest BCUT2D eigenvalue weighted by atomic mass is 10.2. The van der Waals surface area contributed by atoms with Gasteiger partial charge in [-0.2, -0.15) is 0 Å². The summed E-state index contributed by atoms with van der Waals surface area (Å²) < 4.78 is 4.98. The van der Waals surface area contributed by atoms with E-state index in [9.17, 15) is 4.79 Å². The van der Waals surface area contributed by atoms with E-state index in [1.54, 1.807) is 18.3 Å². The van der Waals surface area contributed by atoms with Gasteiger partial charge in [0.05, 0.1) is 11.6 Å². The molecule has 0 amide bonds. The number of rotatable bonds is 6. The summed E-state index contributed by atoms with van der Waals surface area (Å²) >= 11 is 3.11. The highest BCUT2D eigenvalue weighted by molar-refractivity contribution is 7.15. The first kappa shape index (κ1) is 14.9. The number of nitrogens with zero attached hydrogens (tertiary/aromatic N) is 2. The van der Waals surface area contributed by atoms with Crippen molar-refractivity contribution >= 4 is 33.8 Å². The quantitative estimate of drug-likeness (QED) is 0.829. The summed E-state index contributed by atoms with van der Waals surface area (Å²) in [5, 5.41) is 7.07. The van der Waals surface area contributed by atoms with Gasteiger partial charge in [0.2, 0.25) is 0 Å². The normalized spacial score (nSPS) is 12.2. The van der Waals surface area contributed by atoms with Gasteiger partial charge in [-0.05, 0) is 13.8 Å². The van der Waals surface area contributed by atoms with Gasteiger partial charge in [-0.1, -0.05) is 6.92 Å². The molecule has 5 nitrogen and oxygen atoms in total. The van der Waals surface area contributed by atoms with Crippen LogP contribution < -0.4 is 5.32 Å². The number of esters is 1. The van der Waals surface area contributed by atoms with Crippen molar-refractivity contribution in [3.8, 4) is 0 Å². The lowest BCUT2D eigenvalue weighted by Crippen LogP contribution is -2.10. The smallest absolute Gasteiger partial charge is 0.358 e. The van der Waals surface area contributed by atoms with Gasteiger partial charge < -0.3 is 10.1 Å². The summed E-state index contributed by atoms with van der Waals surface area (Å²) in [6.45, 7) is 6.87. The molecule has 0 aromatic carbocycles. The monoisotopic (exact) mass is 311 g/mol. The Morgan fingerprint density at radius 1 is 1.55 bits per heavy atom. The van der Waals surface area contributed by atoms with Crippen LogP contribution in [0.15, 0.2) is 11.6 Å². The van der Waals surface area contributed by atoms with Gasteiger partial charge in [0.25, 0.3) is 0 Å². The first-order valence-corrected chi connectivity index (χ1v) is 8.09. The average molecular weight is 311 g/mol. The molecule has 0 aliphatic rings. The highest BCUT2D eigenvalue weighted by Gasteiger charge is 2.17. The minimum Gasteiger partial charge on any atom is -0.461 e. The van der Waals surface area contributed by atoms with Crippen LogP contribution in [0.1, 0.15) is 40.1 Å². The maximum absolute atomic E-state index is 11.7. The molecular weight excluding hydrogens is 294 g/mol. The van der Waals surface area contributed by atoms with E-state index in [1.807, 2.05) is 18.5 Å². The van der Waals surface area contributed by atoms with Crippen LogP contribution in [-0.4, -0.2) is 29.1 Å². The molecule has 0 spiro atoms. The SMILES string of the molecule is CCOC(=O)c1nc(NCC(C)c2nccs2)sc1C. The van der Waals surface area contributed by atoms with Crippen molar-refractivity contribution < 1.29 is 9.53 Å². The number of carbonyl (C=O) groups excluding carboxylic acids is 1. The van der Waals surface area contributed by atoms with E-state index >= 15 is 0 Å². The first-order chi connectivity index (χ1) is 9.61. The van der Waals surface area contributed by atoms with Gasteiger partial charge in [-0.15, -0.1) is 22.7 Å². The second-order valence-electron chi connectivity index (χ2n) is 4.30. The molecule has 7 heteroatoms. The van der Waals surface area contributed by atoms with Gasteiger partial charge in [0.15, 0.2) is 10.8 Å². The van der Waals surface area contributed by atoms with Gasteiger partial charge in [0.1, 0.15) is 0 Å². The molecule has 2 rings (SSSR count). The van der Waals surface area contributed by atoms with Gasteiger partial charge in [0, 0.05) is 28.9 Å². The first-order valence-electron chi connectivity index (χ1n) is 6.39. The van der Waals surface area contributed by atoms with E-state index in [2.05, 4.69) is 22.2 Å². The Bertz CT molecular complexity index is 566. The Morgan fingerprint density at radius 3 is 3.00 bits per heavy atom. The van der Waals surface area contributed by atoms with Crippen LogP contribution >= 0.6 is 22.7 Å². The predicted octanol–water partition coefficient (Wildman–Crippen LogP) is 3.30. The van der Waals surface area contributed by atoms with E-state index in [0.717, 1.165) is 21.6 Å². The molecule has 0 radical (unpaired) electrons. The Labute approximate surface area is 126 Å². The molecule has 1 unspecified atom stereocenters. The van der Waals surface area contributed by atoms with Crippen molar-refractivity contribution in [2.75, 3.05) is 18.5 Å². The second-order valence-corrected chi connectivity index (χ2v) is 6.43. The highest BCUT2D eigenvalue weighted by Crippen LogP contribution is 2.24. The molecule has 0 bridgehead atoms.